The molecule has 1 aromatic carbocycles. The van der Waals surface area contributed by atoms with E-state index in [-0.39, 0.29) is 5.56 Å². The average molecular weight is 232 g/mol. The molecule has 0 aliphatic carbocycles. The summed E-state index contributed by atoms with van der Waals surface area (Å²) in [7, 11) is 1.63. The van der Waals surface area contributed by atoms with Gasteiger partial charge in [0.1, 0.15) is 5.75 Å². The lowest BCUT2D eigenvalue weighted by atomic mass is 10.3. The Morgan fingerprint density at radius 2 is 2.25 bits per heavy atom. The van der Waals surface area contributed by atoms with Crippen molar-refractivity contribution in [3.63, 3.8) is 0 Å². The fourth-order valence-corrected chi connectivity index (χ4v) is 2.68. The van der Waals surface area contributed by atoms with Crippen LogP contribution in [0.25, 0.3) is 15.2 Å². The number of methoxy groups -OCH3 is 1. The maximum atomic E-state index is 11.1. The van der Waals surface area contributed by atoms with E-state index in [2.05, 4.69) is 4.98 Å². The van der Waals surface area contributed by atoms with Crippen LogP contribution in [0.4, 0.5) is 0 Å². The van der Waals surface area contributed by atoms with Crippen molar-refractivity contribution in [3.05, 3.63) is 40.8 Å². The van der Waals surface area contributed by atoms with E-state index >= 15 is 0 Å². The summed E-state index contributed by atoms with van der Waals surface area (Å²) in [6.45, 7) is 0. The zero-order chi connectivity index (χ0) is 11.1. The SMILES string of the molecule is COc1ccc2c(c1)sc1nc(=O)ccn12. The summed E-state index contributed by atoms with van der Waals surface area (Å²) in [4.78, 5) is 15.8. The molecular weight excluding hydrogens is 224 g/mol. The summed E-state index contributed by atoms with van der Waals surface area (Å²) in [5.41, 5.74) is 0.826. The first-order valence-corrected chi connectivity index (χ1v) is 5.55. The molecule has 0 N–H and O–H groups in total. The second-order valence-corrected chi connectivity index (χ2v) is 4.36. The van der Waals surface area contributed by atoms with Crippen molar-refractivity contribution in [2.24, 2.45) is 0 Å². The van der Waals surface area contributed by atoms with Gasteiger partial charge in [0.05, 0.1) is 17.3 Å². The molecule has 2 aromatic heterocycles. The van der Waals surface area contributed by atoms with Crippen molar-refractivity contribution in [1.82, 2.24) is 9.38 Å². The number of hydrogen-bond acceptors (Lipinski definition) is 4. The second kappa shape index (κ2) is 3.31. The molecule has 0 fully saturated rings. The molecule has 0 bridgehead atoms. The largest absolute Gasteiger partial charge is 0.497 e. The third-order valence-electron chi connectivity index (χ3n) is 2.41. The van der Waals surface area contributed by atoms with E-state index < -0.39 is 0 Å². The fraction of sp³-hybridized carbons (Fsp3) is 0.0909. The summed E-state index contributed by atoms with van der Waals surface area (Å²) in [5, 5.41) is 0. The van der Waals surface area contributed by atoms with Crippen LogP contribution in [-0.4, -0.2) is 16.5 Å². The highest BCUT2D eigenvalue weighted by atomic mass is 32.1. The Morgan fingerprint density at radius 3 is 3.06 bits per heavy atom. The van der Waals surface area contributed by atoms with Crippen molar-refractivity contribution in [2.75, 3.05) is 7.11 Å². The minimum Gasteiger partial charge on any atom is -0.497 e. The van der Waals surface area contributed by atoms with Gasteiger partial charge in [-0.3, -0.25) is 9.20 Å². The van der Waals surface area contributed by atoms with E-state index in [9.17, 15) is 4.79 Å². The van der Waals surface area contributed by atoms with E-state index in [4.69, 9.17) is 4.74 Å². The molecule has 0 radical (unpaired) electrons. The van der Waals surface area contributed by atoms with Gasteiger partial charge in [0.25, 0.3) is 5.56 Å². The number of aromatic nitrogens is 2. The molecule has 3 rings (SSSR count). The summed E-state index contributed by atoms with van der Waals surface area (Å²) in [6, 6.07) is 7.26. The van der Waals surface area contributed by atoms with Gasteiger partial charge in [0.15, 0.2) is 4.96 Å². The van der Waals surface area contributed by atoms with Crippen molar-refractivity contribution in [2.45, 2.75) is 0 Å². The van der Waals surface area contributed by atoms with Crippen LogP contribution in [0.5, 0.6) is 5.75 Å². The highest BCUT2D eigenvalue weighted by molar-refractivity contribution is 7.23. The van der Waals surface area contributed by atoms with Gasteiger partial charge in [0.2, 0.25) is 0 Å². The minimum atomic E-state index is -0.210. The molecule has 5 heteroatoms. The standard InChI is InChI=1S/C11H8N2O2S/c1-15-7-2-3-8-9(6-7)16-11-12-10(14)4-5-13(8)11/h2-6H,1H3. The predicted octanol–water partition coefficient (Wildman–Crippen LogP) is 1.92. The quantitative estimate of drug-likeness (QED) is 0.643. The van der Waals surface area contributed by atoms with Crippen LogP contribution in [0.3, 0.4) is 0 Å². The first-order chi connectivity index (χ1) is 7.78. The summed E-state index contributed by atoms with van der Waals surface area (Å²) in [6.07, 6.45) is 1.75. The topological polar surface area (TPSA) is 43.6 Å². The molecule has 0 aliphatic rings. The molecule has 0 unspecified atom stereocenters. The highest BCUT2D eigenvalue weighted by Crippen LogP contribution is 2.27. The zero-order valence-corrected chi connectivity index (χ0v) is 9.32. The van der Waals surface area contributed by atoms with Crippen LogP contribution in [0.15, 0.2) is 35.3 Å². The highest BCUT2D eigenvalue weighted by Gasteiger charge is 2.05. The Bertz CT molecular complexity index is 730. The number of fused-ring (bicyclic) bond motifs is 3. The van der Waals surface area contributed by atoms with Gasteiger partial charge in [-0.15, -0.1) is 0 Å². The molecule has 0 spiro atoms. The molecule has 0 saturated carbocycles. The van der Waals surface area contributed by atoms with Gasteiger partial charge in [-0.1, -0.05) is 11.3 Å². The third kappa shape index (κ3) is 1.29. The lowest BCUT2D eigenvalue weighted by Crippen LogP contribution is -2.04. The van der Waals surface area contributed by atoms with E-state index in [1.54, 1.807) is 13.3 Å². The Hall–Kier alpha value is -1.88. The molecule has 0 atom stereocenters. The van der Waals surface area contributed by atoms with Crippen LogP contribution in [-0.2, 0) is 0 Å². The summed E-state index contributed by atoms with van der Waals surface area (Å²) >= 11 is 1.48. The van der Waals surface area contributed by atoms with Crippen LogP contribution >= 0.6 is 11.3 Å². The maximum absolute atomic E-state index is 11.1. The Kier molecular flexibility index (Phi) is 1.94. The zero-order valence-electron chi connectivity index (χ0n) is 8.51. The normalized spacial score (nSPS) is 11.1. The van der Waals surface area contributed by atoms with Gasteiger partial charge in [-0.25, -0.2) is 0 Å². The van der Waals surface area contributed by atoms with E-state index in [0.717, 1.165) is 16.0 Å². The van der Waals surface area contributed by atoms with Gasteiger partial charge >= 0.3 is 0 Å². The first kappa shape index (κ1) is 9.35. The van der Waals surface area contributed by atoms with Gasteiger partial charge in [0, 0.05) is 12.3 Å². The number of ether oxygens (including phenoxy) is 1. The van der Waals surface area contributed by atoms with E-state index in [0.29, 0.717) is 4.96 Å². The number of hydrogen-bond donors (Lipinski definition) is 0. The van der Waals surface area contributed by atoms with Crippen molar-refractivity contribution in [3.8, 4) is 5.75 Å². The molecule has 4 nitrogen and oxygen atoms in total. The molecule has 2 heterocycles. The number of nitrogens with zero attached hydrogens (tertiary/aromatic N) is 2. The third-order valence-corrected chi connectivity index (χ3v) is 3.42. The minimum absolute atomic E-state index is 0.210. The summed E-state index contributed by atoms with van der Waals surface area (Å²) < 4.78 is 8.11. The molecule has 3 aromatic rings. The van der Waals surface area contributed by atoms with Gasteiger partial charge in [-0.2, -0.15) is 4.98 Å². The maximum Gasteiger partial charge on any atom is 0.273 e. The smallest absolute Gasteiger partial charge is 0.273 e. The average Bonchev–Trinajstić information content (AvgIpc) is 2.64. The Labute approximate surface area is 94.7 Å². The van der Waals surface area contributed by atoms with Crippen molar-refractivity contribution < 1.29 is 4.74 Å². The van der Waals surface area contributed by atoms with E-state index in [1.165, 1.54) is 17.4 Å². The first-order valence-electron chi connectivity index (χ1n) is 4.74. The lowest BCUT2D eigenvalue weighted by molar-refractivity contribution is 0.415. The van der Waals surface area contributed by atoms with Crippen molar-refractivity contribution in [1.29, 1.82) is 0 Å². The van der Waals surface area contributed by atoms with E-state index in [1.807, 2.05) is 22.6 Å². The number of rotatable bonds is 1. The Morgan fingerprint density at radius 1 is 1.38 bits per heavy atom. The van der Waals surface area contributed by atoms with Crippen LogP contribution in [0, 0.1) is 0 Å². The summed E-state index contributed by atoms with van der Waals surface area (Å²) in [5.74, 6) is 0.807. The molecule has 0 saturated heterocycles. The van der Waals surface area contributed by atoms with Crippen LogP contribution in [0.1, 0.15) is 0 Å². The second-order valence-electron chi connectivity index (χ2n) is 3.35. The number of benzene rings is 1. The number of thiazole rings is 1. The van der Waals surface area contributed by atoms with Crippen LogP contribution in [0.2, 0.25) is 0 Å². The monoisotopic (exact) mass is 232 g/mol. The predicted molar refractivity (Wildman–Crippen MR) is 63.4 cm³/mol. The fourth-order valence-electron chi connectivity index (χ4n) is 1.64. The molecular formula is C11H8N2O2S. The van der Waals surface area contributed by atoms with Gasteiger partial charge < -0.3 is 4.74 Å². The van der Waals surface area contributed by atoms with Crippen LogP contribution < -0.4 is 10.3 Å². The molecule has 16 heavy (non-hydrogen) atoms. The molecule has 0 amide bonds. The van der Waals surface area contributed by atoms with Crippen molar-refractivity contribution >= 4 is 26.5 Å². The molecule has 80 valence electrons. The lowest BCUT2D eigenvalue weighted by Gasteiger charge is -1.98. The Balaban J connectivity index is 2.45. The van der Waals surface area contributed by atoms with Gasteiger partial charge in [-0.05, 0) is 18.2 Å². The molecule has 0 aliphatic heterocycles.